The van der Waals surface area contributed by atoms with Crippen molar-refractivity contribution in [2.75, 3.05) is 6.54 Å². The molecule has 0 bridgehead atoms. The van der Waals surface area contributed by atoms with Crippen LogP contribution in [0.4, 0.5) is 4.39 Å². The molecule has 2 aliphatic rings. The highest BCUT2D eigenvalue weighted by atomic mass is 19.1. The van der Waals surface area contributed by atoms with E-state index in [1.807, 2.05) is 6.07 Å². The highest BCUT2D eigenvalue weighted by molar-refractivity contribution is 5.82. The zero-order valence-electron chi connectivity index (χ0n) is 11.0. The molecule has 3 heteroatoms. The van der Waals surface area contributed by atoms with Crippen LogP contribution in [0.5, 0.6) is 0 Å². The molecule has 0 amide bonds. The van der Waals surface area contributed by atoms with Crippen LogP contribution in [0.3, 0.4) is 0 Å². The third kappa shape index (κ3) is 1.88. The quantitative estimate of drug-likeness (QED) is 0.773. The lowest BCUT2D eigenvalue weighted by Gasteiger charge is -2.36. The van der Waals surface area contributed by atoms with E-state index >= 15 is 0 Å². The van der Waals surface area contributed by atoms with Gasteiger partial charge in [-0.15, -0.1) is 0 Å². The van der Waals surface area contributed by atoms with Crippen molar-refractivity contribution in [1.29, 1.82) is 0 Å². The van der Waals surface area contributed by atoms with Gasteiger partial charge in [-0.05, 0) is 37.9 Å². The summed E-state index contributed by atoms with van der Waals surface area (Å²) in [6.07, 6.45) is 6.16. The summed E-state index contributed by atoms with van der Waals surface area (Å²) in [4.78, 5) is 2.59. The van der Waals surface area contributed by atoms with E-state index in [0.717, 1.165) is 43.1 Å². The van der Waals surface area contributed by atoms with Gasteiger partial charge < -0.3 is 4.42 Å². The Morgan fingerprint density at radius 1 is 1.21 bits per heavy atom. The Morgan fingerprint density at radius 3 is 2.89 bits per heavy atom. The van der Waals surface area contributed by atoms with Gasteiger partial charge in [0.25, 0.3) is 0 Å². The van der Waals surface area contributed by atoms with Crippen molar-refractivity contribution in [3.8, 4) is 0 Å². The number of furan rings is 1. The third-order valence-corrected chi connectivity index (χ3v) is 4.64. The number of rotatable bonds is 1. The average molecular weight is 259 g/mol. The molecule has 0 radical (unpaired) electrons. The summed E-state index contributed by atoms with van der Waals surface area (Å²) in [5.41, 5.74) is 2.00. The van der Waals surface area contributed by atoms with Crippen LogP contribution in [0.25, 0.3) is 11.0 Å². The van der Waals surface area contributed by atoms with Crippen molar-refractivity contribution in [3.63, 3.8) is 0 Å². The Balaban J connectivity index is 1.75. The van der Waals surface area contributed by atoms with E-state index in [2.05, 4.69) is 4.90 Å². The summed E-state index contributed by atoms with van der Waals surface area (Å²) < 4.78 is 19.1. The van der Waals surface area contributed by atoms with Crippen LogP contribution in [-0.4, -0.2) is 17.5 Å². The van der Waals surface area contributed by atoms with Gasteiger partial charge in [0.15, 0.2) is 0 Å². The van der Waals surface area contributed by atoms with Crippen LogP contribution in [0.15, 0.2) is 22.6 Å². The topological polar surface area (TPSA) is 16.4 Å². The second-order valence-electron chi connectivity index (χ2n) is 5.80. The second-order valence-corrected chi connectivity index (χ2v) is 5.80. The first-order valence-corrected chi connectivity index (χ1v) is 7.25. The van der Waals surface area contributed by atoms with Gasteiger partial charge in [0.2, 0.25) is 0 Å². The lowest BCUT2D eigenvalue weighted by Crippen LogP contribution is -2.39. The third-order valence-electron chi connectivity index (χ3n) is 4.64. The SMILES string of the molecule is Fc1ccc2c3c(oc2c1)CCCN(C1CCC1)C3. The van der Waals surface area contributed by atoms with Crippen LogP contribution in [0, 0.1) is 5.82 Å². The van der Waals surface area contributed by atoms with E-state index in [-0.39, 0.29) is 5.82 Å². The van der Waals surface area contributed by atoms with E-state index in [0.29, 0.717) is 5.58 Å². The zero-order chi connectivity index (χ0) is 12.8. The summed E-state index contributed by atoms with van der Waals surface area (Å²) in [7, 11) is 0. The van der Waals surface area contributed by atoms with Crippen molar-refractivity contribution in [1.82, 2.24) is 4.90 Å². The first-order chi connectivity index (χ1) is 9.31. The molecule has 2 heterocycles. The summed E-state index contributed by atoms with van der Waals surface area (Å²) in [5, 5.41) is 1.10. The Morgan fingerprint density at radius 2 is 2.11 bits per heavy atom. The Labute approximate surface area is 112 Å². The van der Waals surface area contributed by atoms with Crippen LogP contribution in [0.2, 0.25) is 0 Å². The maximum Gasteiger partial charge on any atom is 0.137 e. The maximum atomic E-state index is 13.3. The van der Waals surface area contributed by atoms with E-state index in [9.17, 15) is 4.39 Å². The predicted molar refractivity (Wildman–Crippen MR) is 72.5 cm³/mol. The monoisotopic (exact) mass is 259 g/mol. The standard InChI is InChI=1S/C16H18FNO/c17-11-6-7-13-14-10-18(12-3-1-4-12)8-2-5-15(14)19-16(13)9-11/h6-7,9,12H,1-5,8,10H2. The Kier molecular flexibility index (Phi) is 2.62. The van der Waals surface area contributed by atoms with Gasteiger partial charge in [-0.1, -0.05) is 6.42 Å². The fourth-order valence-electron chi connectivity index (χ4n) is 3.34. The molecule has 19 heavy (non-hydrogen) atoms. The number of halogens is 1. The van der Waals surface area contributed by atoms with E-state index in [4.69, 9.17) is 4.42 Å². The molecule has 1 aliphatic heterocycles. The molecule has 4 rings (SSSR count). The largest absolute Gasteiger partial charge is 0.461 e. The first-order valence-electron chi connectivity index (χ1n) is 7.25. The molecule has 1 fully saturated rings. The molecule has 100 valence electrons. The Bertz CT molecular complexity index is 614. The summed E-state index contributed by atoms with van der Waals surface area (Å²) in [6.45, 7) is 2.14. The first kappa shape index (κ1) is 11.5. The maximum absolute atomic E-state index is 13.3. The minimum absolute atomic E-state index is 0.216. The molecule has 2 aromatic rings. The normalized spacial score (nSPS) is 21.1. The predicted octanol–water partition coefficient (Wildman–Crippen LogP) is 3.87. The van der Waals surface area contributed by atoms with E-state index in [1.165, 1.54) is 37.0 Å². The zero-order valence-corrected chi connectivity index (χ0v) is 11.0. The highest BCUT2D eigenvalue weighted by Gasteiger charge is 2.28. The van der Waals surface area contributed by atoms with Crippen molar-refractivity contribution < 1.29 is 8.81 Å². The summed E-state index contributed by atoms with van der Waals surface area (Å²) in [6, 6.07) is 5.68. The smallest absolute Gasteiger partial charge is 0.137 e. The number of hydrogen-bond donors (Lipinski definition) is 0. The molecule has 2 nitrogen and oxygen atoms in total. The average Bonchev–Trinajstić information content (AvgIpc) is 2.51. The van der Waals surface area contributed by atoms with Crippen molar-refractivity contribution in [3.05, 3.63) is 35.3 Å². The molecule has 0 saturated heterocycles. The van der Waals surface area contributed by atoms with Gasteiger partial charge in [-0.3, -0.25) is 4.90 Å². The van der Waals surface area contributed by atoms with Gasteiger partial charge >= 0.3 is 0 Å². The van der Waals surface area contributed by atoms with Crippen LogP contribution in [0.1, 0.15) is 37.0 Å². The second kappa shape index (κ2) is 4.34. The van der Waals surface area contributed by atoms with Crippen molar-refractivity contribution >= 4 is 11.0 Å². The lowest BCUT2D eigenvalue weighted by molar-refractivity contribution is 0.122. The molecule has 1 aliphatic carbocycles. The van der Waals surface area contributed by atoms with E-state index < -0.39 is 0 Å². The minimum atomic E-state index is -0.216. The molecular weight excluding hydrogens is 241 g/mol. The molecule has 1 saturated carbocycles. The van der Waals surface area contributed by atoms with Gasteiger partial charge in [-0.25, -0.2) is 4.39 Å². The molecule has 0 spiro atoms. The van der Waals surface area contributed by atoms with Gasteiger partial charge in [0.05, 0.1) is 0 Å². The number of hydrogen-bond acceptors (Lipinski definition) is 2. The fourth-order valence-corrected chi connectivity index (χ4v) is 3.34. The van der Waals surface area contributed by atoms with Crippen LogP contribution >= 0.6 is 0 Å². The minimum Gasteiger partial charge on any atom is -0.461 e. The lowest BCUT2D eigenvalue weighted by atomic mass is 9.91. The van der Waals surface area contributed by atoms with Crippen LogP contribution < -0.4 is 0 Å². The molecule has 0 N–H and O–H groups in total. The molecule has 0 atom stereocenters. The molecular formula is C16H18FNO. The Hall–Kier alpha value is -1.35. The van der Waals surface area contributed by atoms with Gasteiger partial charge in [-0.2, -0.15) is 0 Å². The van der Waals surface area contributed by atoms with Crippen molar-refractivity contribution in [2.45, 2.75) is 44.7 Å². The highest BCUT2D eigenvalue weighted by Crippen LogP contribution is 2.34. The fraction of sp³-hybridized carbons (Fsp3) is 0.500. The molecule has 1 aromatic heterocycles. The van der Waals surface area contributed by atoms with E-state index in [1.54, 1.807) is 0 Å². The molecule has 0 unspecified atom stereocenters. The van der Waals surface area contributed by atoms with Crippen molar-refractivity contribution in [2.24, 2.45) is 0 Å². The number of aryl methyl sites for hydroxylation is 1. The van der Waals surface area contributed by atoms with Gasteiger partial charge in [0, 0.05) is 36.0 Å². The number of fused-ring (bicyclic) bond motifs is 3. The van der Waals surface area contributed by atoms with Gasteiger partial charge in [0.1, 0.15) is 17.2 Å². The molecule has 1 aromatic carbocycles. The number of benzene rings is 1. The number of nitrogens with zero attached hydrogens (tertiary/aromatic N) is 1. The van der Waals surface area contributed by atoms with Crippen LogP contribution in [-0.2, 0) is 13.0 Å². The summed E-state index contributed by atoms with van der Waals surface area (Å²) >= 11 is 0. The summed E-state index contributed by atoms with van der Waals surface area (Å²) in [5.74, 6) is 0.856.